The second-order valence-electron chi connectivity index (χ2n) is 28.3. The van der Waals surface area contributed by atoms with E-state index in [1.54, 1.807) is 152 Å². The second kappa shape index (κ2) is 37.1. The quantitative estimate of drug-likeness (QED) is 0.0669. The molecule has 634 valence electrons. The van der Waals surface area contributed by atoms with Crippen LogP contribution in [-0.4, -0.2) is 133 Å². The summed E-state index contributed by atoms with van der Waals surface area (Å²) < 4.78 is 114. The van der Waals surface area contributed by atoms with Crippen molar-refractivity contribution in [2.75, 3.05) is 0 Å². The molecule has 0 atom stereocenters. The van der Waals surface area contributed by atoms with Gasteiger partial charge in [0.15, 0.2) is 22.8 Å². The highest BCUT2D eigenvalue weighted by atomic mass is 19.1. The van der Waals surface area contributed by atoms with Gasteiger partial charge in [0.2, 0.25) is 23.3 Å². The fourth-order valence-corrected chi connectivity index (χ4v) is 13.7. The molecule has 0 bridgehead atoms. The Kier molecular flexibility index (Phi) is 24.0. The van der Waals surface area contributed by atoms with Crippen molar-refractivity contribution >= 4 is 11.9 Å². The molecule has 0 aliphatic rings. The molecule has 129 heavy (non-hydrogen) atoms. The minimum absolute atomic E-state index is 0.0437. The number of aliphatic carboxylic acids is 1. The van der Waals surface area contributed by atoms with Gasteiger partial charge in [-0.25, -0.2) is 49.9 Å². The number of hydrogen-bond acceptors (Lipinski definition) is 24. The summed E-state index contributed by atoms with van der Waals surface area (Å²) in [5, 5.41) is 67.4. The van der Waals surface area contributed by atoms with Gasteiger partial charge in [0.05, 0.1) is 11.1 Å². The third-order valence-corrected chi connectivity index (χ3v) is 20.0. The third kappa shape index (κ3) is 17.8. The number of aromatic nitrogens is 22. The van der Waals surface area contributed by atoms with Crippen LogP contribution in [0, 0.1) is 55.7 Å². The molecule has 36 heteroatoms. The van der Waals surface area contributed by atoms with E-state index in [9.17, 15) is 35.9 Å². The molecule has 20 rings (SSSR count). The molecule has 0 aliphatic heterocycles. The smallest absolute Gasteiger partial charge is 0.335 e. The molecule has 0 aliphatic carbocycles. The van der Waals surface area contributed by atoms with Gasteiger partial charge in [0, 0.05) is 70.2 Å². The largest absolute Gasteiger partial charge is 0.481 e. The molecule has 2 N–H and O–H groups in total. The normalized spacial score (nSPS) is 11.0. The van der Waals surface area contributed by atoms with Gasteiger partial charge in [-0.3, -0.25) is 14.8 Å². The highest BCUT2D eigenvalue weighted by Crippen LogP contribution is 2.40. The SMILES string of the molecule is Cc1cc(CCC(=O)O)ccc1-c1noc(-c2nnn(-c3ccccc3F)c2-c2ccccc2)n1.Cc1ccc(F)cc1-c1noc(-c2nnn(-c3ccccc3F)c2-c2ccncc2)n1.Cc1ccccc1-c1noc(-c2nnn(-c3ccccc3F)c2-c2ccncc2)n1.O=C(O)c1ccc(-c2noc(-c3nnn(-c4ccccc4F)c3-c3ccccc3)n2)c(F)c1. The summed E-state index contributed by atoms with van der Waals surface area (Å²) >= 11 is 0. The van der Waals surface area contributed by atoms with Crippen LogP contribution in [0.25, 0.3) is 160 Å². The molecule has 20 aromatic rings. The highest BCUT2D eigenvalue weighted by molar-refractivity contribution is 5.88. The van der Waals surface area contributed by atoms with Crippen molar-refractivity contribution in [1.29, 1.82) is 0 Å². The van der Waals surface area contributed by atoms with Crippen molar-refractivity contribution in [2.24, 2.45) is 0 Å². The number of aryl methyl sites for hydroxylation is 4. The van der Waals surface area contributed by atoms with Crippen LogP contribution in [0.1, 0.15) is 39.0 Å². The van der Waals surface area contributed by atoms with Gasteiger partial charge in [-0.15, -0.1) is 20.4 Å². The van der Waals surface area contributed by atoms with Crippen LogP contribution in [0.4, 0.5) is 26.3 Å². The van der Waals surface area contributed by atoms with Gasteiger partial charge in [-0.1, -0.05) is 199 Å². The summed E-state index contributed by atoms with van der Waals surface area (Å²) in [4.78, 5) is 47.7. The van der Waals surface area contributed by atoms with Crippen molar-refractivity contribution in [2.45, 2.75) is 33.6 Å². The topological polar surface area (TPSA) is 379 Å². The lowest BCUT2D eigenvalue weighted by molar-refractivity contribution is -0.137. The number of hydrogen-bond donors (Lipinski definition) is 2. The number of pyridine rings is 2. The maximum absolute atomic E-state index is 14.6. The standard InChI is InChI=1S/C26H20FN5O3.C23H13F2N5O3.C22H14F2N6O.C22H15FN6O/c1-16-15-17(12-14-22(33)34)11-13-19(16)25-28-26(35-30-25)23-24(18-7-3-2-4-8-18)32(31-29-23)21-10-6-5-9-20(21)27;24-16-8-4-5-9-18(16)30-20(13-6-2-1-3-7-13)19(27-29-30)22-26-21(28-33-22)15-11-10-14(23(31)32)12-17(15)25;1-13-6-7-15(23)12-16(13)21-26-22(31-28-21)19-20(14-8-10-25-11-9-14)30(29-27-19)18-5-3-2-4-17(18)24;1-14-6-2-3-7-16(14)21-25-22(30-27-21)19-20(15-10-12-24-13-11-15)29(28-26-19)18-9-5-4-8-17(18)23/h2-11,13,15H,12,14H2,1H3,(H,33,34);1-12H,(H,31,32);2-12H,1H3;2-13H,1H3. The molecule has 30 nitrogen and oxygen atoms in total. The van der Waals surface area contributed by atoms with Gasteiger partial charge in [-0.05, 0) is 153 Å². The van der Waals surface area contributed by atoms with E-state index in [0.29, 0.717) is 68.9 Å². The molecule has 0 spiro atoms. The maximum atomic E-state index is 14.6. The molecule has 10 aromatic heterocycles. The van der Waals surface area contributed by atoms with E-state index in [1.807, 2.05) is 99.6 Å². The van der Waals surface area contributed by atoms with Gasteiger partial charge in [-0.2, -0.15) is 19.9 Å². The van der Waals surface area contributed by atoms with Gasteiger partial charge in [0.25, 0.3) is 23.6 Å². The fourth-order valence-electron chi connectivity index (χ4n) is 13.7. The van der Waals surface area contributed by atoms with Gasteiger partial charge >= 0.3 is 11.9 Å². The zero-order valence-electron chi connectivity index (χ0n) is 67.5. The number of aromatic carboxylic acids is 1. The Morgan fingerprint density at radius 1 is 0.326 bits per heavy atom. The molecule has 0 amide bonds. The molecule has 0 saturated carbocycles. The molecular formula is C93H62F6N22O8. The van der Waals surface area contributed by atoms with Crippen molar-refractivity contribution < 1.29 is 64.2 Å². The predicted molar refractivity (Wildman–Crippen MR) is 455 cm³/mol. The van der Waals surface area contributed by atoms with Gasteiger partial charge < -0.3 is 28.3 Å². The number of rotatable bonds is 20. The Balaban J connectivity index is 0.000000121. The van der Waals surface area contributed by atoms with Crippen molar-refractivity contribution in [3.05, 3.63) is 348 Å². The van der Waals surface area contributed by atoms with Gasteiger partial charge in [0.1, 0.15) is 80.4 Å². The second-order valence-corrected chi connectivity index (χ2v) is 28.3. The Hall–Kier alpha value is -17.9. The summed E-state index contributed by atoms with van der Waals surface area (Å²) in [5.74, 6) is -3.86. The number of carbonyl (C=O) groups is 2. The first kappa shape index (κ1) is 83.4. The first-order valence-corrected chi connectivity index (χ1v) is 39.2. The van der Waals surface area contributed by atoms with Crippen LogP contribution in [0.5, 0.6) is 0 Å². The minimum Gasteiger partial charge on any atom is -0.481 e. The Labute approximate surface area is 724 Å². The summed E-state index contributed by atoms with van der Waals surface area (Å²) in [5.41, 5.74) is 12.3. The minimum atomic E-state index is -1.26. The molecule has 10 heterocycles. The van der Waals surface area contributed by atoms with Crippen LogP contribution in [0.15, 0.2) is 304 Å². The highest BCUT2D eigenvalue weighted by Gasteiger charge is 2.31. The van der Waals surface area contributed by atoms with E-state index in [0.717, 1.165) is 50.6 Å². The van der Waals surface area contributed by atoms with Crippen LogP contribution in [-0.2, 0) is 11.2 Å². The number of benzene rings is 10. The number of carboxylic acids is 2. The Bertz CT molecular complexity index is 7450. The first-order chi connectivity index (χ1) is 62.9. The number of halogens is 6. The van der Waals surface area contributed by atoms with E-state index < -0.39 is 46.8 Å². The molecule has 0 saturated heterocycles. The molecule has 0 unspecified atom stereocenters. The predicted octanol–water partition coefficient (Wildman–Crippen LogP) is 18.9. The maximum Gasteiger partial charge on any atom is 0.335 e. The van der Waals surface area contributed by atoms with Crippen LogP contribution in [0.2, 0.25) is 0 Å². The summed E-state index contributed by atoms with van der Waals surface area (Å²) in [6.07, 6.45) is 6.99. The summed E-state index contributed by atoms with van der Waals surface area (Å²) in [6.45, 7) is 5.70. The lowest BCUT2D eigenvalue weighted by atomic mass is 10.0. The van der Waals surface area contributed by atoms with Crippen LogP contribution in [0.3, 0.4) is 0 Å². The average Bonchev–Trinajstić information content (AvgIpc) is 1.64. The number of para-hydroxylation sites is 4. The monoisotopic (exact) mass is 1730 g/mol. The first-order valence-electron chi connectivity index (χ1n) is 39.2. The van der Waals surface area contributed by atoms with Crippen LogP contribution < -0.4 is 0 Å². The number of nitrogens with zero attached hydrogens (tertiary/aromatic N) is 22. The number of carboxylic acid groups (broad SMARTS) is 2. The lowest BCUT2D eigenvalue weighted by Gasteiger charge is -2.08. The Morgan fingerprint density at radius 2 is 0.667 bits per heavy atom. The van der Waals surface area contributed by atoms with Crippen molar-refractivity contribution in [1.82, 2.24) is 111 Å². The molecule has 0 radical (unpaired) electrons. The third-order valence-electron chi connectivity index (χ3n) is 20.0. The zero-order chi connectivity index (χ0) is 89.2. The molecular weight excluding hydrogens is 1670 g/mol. The van der Waals surface area contributed by atoms with E-state index in [2.05, 4.69) is 91.8 Å². The molecule has 10 aromatic carbocycles. The van der Waals surface area contributed by atoms with E-state index in [-0.39, 0.29) is 86.9 Å². The van der Waals surface area contributed by atoms with Crippen LogP contribution >= 0.6 is 0 Å². The molecule has 0 fully saturated rings. The van der Waals surface area contributed by atoms with E-state index in [4.69, 9.17) is 28.3 Å². The zero-order valence-corrected chi connectivity index (χ0v) is 67.5. The van der Waals surface area contributed by atoms with Crippen molar-refractivity contribution in [3.63, 3.8) is 0 Å². The van der Waals surface area contributed by atoms with Crippen molar-refractivity contribution in [3.8, 4) is 160 Å². The average molecular weight is 1730 g/mol. The van der Waals surface area contributed by atoms with E-state index in [1.165, 1.54) is 67.3 Å². The lowest BCUT2D eigenvalue weighted by Crippen LogP contribution is -2.02. The Morgan fingerprint density at radius 3 is 1.04 bits per heavy atom. The summed E-state index contributed by atoms with van der Waals surface area (Å²) in [6, 6.07) is 71.5. The summed E-state index contributed by atoms with van der Waals surface area (Å²) in [7, 11) is 0. The van der Waals surface area contributed by atoms with E-state index >= 15 is 0 Å². The fraction of sp³-hybridized carbons (Fsp3) is 0.0538.